The number of benzene rings is 2. The lowest BCUT2D eigenvalue weighted by Gasteiger charge is -2.42. The molecule has 7 rings (SSSR count). The molecule has 1 saturated heterocycles. The van der Waals surface area contributed by atoms with Crippen LogP contribution in [-0.2, 0) is 16.1 Å². The van der Waals surface area contributed by atoms with Crippen molar-refractivity contribution < 1.29 is 27.8 Å². The Morgan fingerprint density at radius 1 is 1.06 bits per heavy atom. The van der Waals surface area contributed by atoms with Gasteiger partial charge in [0.25, 0.3) is 5.91 Å². The van der Waals surface area contributed by atoms with Crippen LogP contribution in [0.25, 0.3) is 43.9 Å². The molecule has 10 nitrogen and oxygen atoms in total. The van der Waals surface area contributed by atoms with Gasteiger partial charge < -0.3 is 24.2 Å². The molecule has 2 aliphatic heterocycles. The molecule has 5 heterocycles. The van der Waals surface area contributed by atoms with E-state index in [2.05, 4.69) is 11.5 Å². The van der Waals surface area contributed by atoms with E-state index in [9.17, 15) is 14.0 Å². The van der Waals surface area contributed by atoms with Crippen molar-refractivity contribution in [2.24, 2.45) is 0 Å². The van der Waals surface area contributed by atoms with Gasteiger partial charge in [-0.1, -0.05) is 18.7 Å². The Morgan fingerprint density at radius 2 is 1.86 bits per heavy atom. The Bertz CT molecular complexity index is 2160. The Labute approximate surface area is 298 Å². The van der Waals surface area contributed by atoms with Gasteiger partial charge >= 0.3 is 0 Å². The number of rotatable bonds is 10. The van der Waals surface area contributed by atoms with E-state index < -0.39 is 11.6 Å². The molecule has 264 valence electrons. The Kier molecular flexibility index (Phi) is 9.44. The van der Waals surface area contributed by atoms with Crippen LogP contribution in [0.5, 0.6) is 5.75 Å². The lowest BCUT2D eigenvalue weighted by molar-refractivity contribution is -0.129. The maximum absolute atomic E-state index is 16.2. The van der Waals surface area contributed by atoms with Gasteiger partial charge in [0.05, 0.1) is 36.1 Å². The fourth-order valence-corrected chi connectivity index (χ4v) is 7.72. The van der Waals surface area contributed by atoms with Crippen molar-refractivity contribution in [2.45, 2.75) is 25.6 Å². The van der Waals surface area contributed by atoms with Crippen molar-refractivity contribution in [3.63, 3.8) is 0 Å². The predicted molar refractivity (Wildman–Crippen MR) is 193 cm³/mol. The summed E-state index contributed by atoms with van der Waals surface area (Å²) in [5.41, 5.74) is 3.86. The summed E-state index contributed by atoms with van der Waals surface area (Å²) in [6, 6.07) is 13.1. The monoisotopic (exact) mass is 712 g/mol. The summed E-state index contributed by atoms with van der Waals surface area (Å²) in [7, 11) is 5.53. The normalized spacial score (nSPS) is 16.0. The quantitative estimate of drug-likeness (QED) is 0.125. The zero-order valence-electron chi connectivity index (χ0n) is 28.9. The van der Waals surface area contributed by atoms with E-state index in [1.54, 1.807) is 11.0 Å². The number of pyridine rings is 1. The summed E-state index contributed by atoms with van der Waals surface area (Å²) < 4.78 is 44.5. The summed E-state index contributed by atoms with van der Waals surface area (Å²) in [6.07, 6.45) is 1.30. The minimum absolute atomic E-state index is 0.00770. The molecule has 0 radical (unpaired) electrons. The van der Waals surface area contributed by atoms with Crippen LogP contribution in [0.2, 0.25) is 0 Å². The summed E-state index contributed by atoms with van der Waals surface area (Å²) in [5, 5.41) is 7.56. The van der Waals surface area contributed by atoms with Gasteiger partial charge in [0.15, 0.2) is 0 Å². The number of methoxy groups -OCH3 is 1. The van der Waals surface area contributed by atoms with Crippen LogP contribution >= 0.6 is 11.3 Å². The summed E-state index contributed by atoms with van der Waals surface area (Å²) >= 11 is 1.39. The van der Waals surface area contributed by atoms with Crippen molar-refractivity contribution in [3.8, 4) is 39.5 Å². The minimum Gasteiger partial charge on any atom is -0.490 e. The second-order valence-electron chi connectivity index (χ2n) is 12.9. The molecule has 2 aliphatic rings. The van der Waals surface area contributed by atoms with Crippen LogP contribution in [0.4, 0.5) is 8.78 Å². The van der Waals surface area contributed by atoms with E-state index in [4.69, 9.17) is 19.6 Å². The molecule has 2 amide bonds. The van der Waals surface area contributed by atoms with Crippen LogP contribution in [0, 0.1) is 11.6 Å². The Balaban J connectivity index is 1.42. The number of thiophene rings is 1. The van der Waals surface area contributed by atoms with Gasteiger partial charge in [-0.25, -0.2) is 13.8 Å². The fraction of sp³-hybridized carbons (Fsp3) is 0.316. The Morgan fingerprint density at radius 3 is 2.61 bits per heavy atom. The predicted octanol–water partition coefficient (Wildman–Crippen LogP) is 6.27. The maximum atomic E-state index is 16.2. The third-order valence-electron chi connectivity index (χ3n) is 9.64. The molecule has 3 aromatic heterocycles. The number of carbonyl (C=O) groups is 2. The van der Waals surface area contributed by atoms with Crippen molar-refractivity contribution in [3.05, 3.63) is 89.5 Å². The number of fused-ring (bicyclic) bond motifs is 2. The fourth-order valence-electron chi connectivity index (χ4n) is 6.77. The van der Waals surface area contributed by atoms with Crippen molar-refractivity contribution in [1.82, 2.24) is 29.5 Å². The highest BCUT2D eigenvalue weighted by Crippen LogP contribution is 2.47. The first-order valence-corrected chi connectivity index (χ1v) is 17.6. The summed E-state index contributed by atoms with van der Waals surface area (Å²) in [4.78, 5) is 37.0. The van der Waals surface area contributed by atoms with E-state index >= 15 is 4.39 Å². The van der Waals surface area contributed by atoms with Crippen molar-refractivity contribution >= 4 is 33.2 Å². The number of halogens is 2. The number of nitrogens with zero attached hydrogens (tertiary/aromatic N) is 6. The van der Waals surface area contributed by atoms with E-state index in [1.807, 2.05) is 66.3 Å². The van der Waals surface area contributed by atoms with Crippen LogP contribution < -0.4 is 4.74 Å². The van der Waals surface area contributed by atoms with Crippen molar-refractivity contribution in [2.75, 3.05) is 54.1 Å². The van der Waals surface area contributed by atoms with E-state index in [0.717, 1.165) is 23.2 Å². The number of hydrogen-bond acceptors (Lipinski definition) is 8. The second kappa shape index (κ2) is 14.0. The van der Waals surface area contributed by atoms with E-state index in [-0.39, 0.29) is 42.4 Å². The molecule has 1 atom stereocenters. The smallest absolute Gasteiger partial charge is 0.253 e. The third-order valence-corrected chi connectivity index (χ3v) is 10.6. The highest BCUT2D eigenvalue weighted by molar-refractivity contribution is 7.18. The zero-order valence-corrected chi connectivity index (χ0v) is 29.7. The van der Waals surface area contributed by atoms with Crippen molar-refractivity contribution in [1.29, 1.82) is 0 Å². The SMILES string of the molecule is C=CC(=O)N1CCn2nc(-c3nc(-c4cccc(C(=O)N5CC(N(C)C)C5)c4)c4ccsc4c3-c3c(F)cc(F)cc3OCCOC)cc2C1C. The number of likely N-dealkylation sites (tertiary alicyclic amines) is 1. The van der Waals surface area contributed by atoms with Crippen LogP contribution in [0.1, 0.15) is 29.0 Å². The summed E-state index contributed by atoms with van der Waals surface area (Å²) in [5.74, 6) is -1.83. The molecule has 0 aliphatic carbocycles. The molecule has 0 spiro atoms. The molecule has 13 heteroatoms. The molecule has 0 N–H and O–H groups in total. The first-order chi connectivity index (χ1) is 24.6. The number of aromatic nitrogens is 3. The minimum atomic E-state index is -0.814. The number of ether oxygens (including phenoxy) is 2. The highest BCUT2D eigenvalue weighted by Gasteiger charge is 2.34. The van der Waals surface area contributed by atoms with Gasteiger partial charge in [-0.15, -0.1) is 11.3 Å². The van der Waals surface area contributed by atoms with E-state index in [1.165, 1.54) is 24.5 Å². The number of amides is 2. The zero-order chi connectivity index (χ0) is 36.0. The van der Waals surface area contributed by atoms with Gasteiger partial charge in [0, 0.05) is 71.7 Å². The second-order valence-corrected chi connectivity index (χ2v) is 13.9. The first kappa shape index (κ1) is 34.5. The van der Waals surface area contributed by atoms with Crippen LogP contribution in [0.15, 0.2) is 66.6 Å². The number of likely N-dealkylation sites (N-methyl/N-ethyl adjacent to an activating group) is 1. The molecular weight excluding hydrogens is 675 g/mol. The molecule has 1 fully saturated rings. The molecule has 51 heavy (non-hydrogen) atoms. The molecule has 2 aromatic carbocycles. The average Bonchev–Trinajstić information content (AvgIpc) is 3.76. The largest absolute Gasteiger partial charge is 0.490 e. The topological polar surface area (TPSA) is 93.0 Å². The molecule has 5 aromatic rings. The van der Waals surface area contributed by atoms with Gasteiger partial charge in [0.1, 0.15) is 35.4 Å². The number of hydrogen-bond donors (Lipinski definition) is 0. The average molecular weight is 713 g/mol. The first-order valence-electron chi connectivity index (χ1n) is 16.7. The molecular formula is C38H38F2N6O4S. The van der Waals surface area contributed by atoms with Gasteiger partial charge in [-0.2, -0.15) is 5.10 Å². The molecule has 0 bridgehead atoms. The molecule has 1 unspecified atom stereocenters. The van der Waals surface area contributed by atoms with E-state index in [0.29, 0.717) is 70.7 Å². The van der Waals surface area contributed by atoms with Gasteiger partial charge in [-0.3, -0.25) is 14.3 Å². The highest BCUT2D eigenvalue weighted by atomic mass is 32.1. The van der Waals surface area contributed by atoms with Gasteiger partial charge in [0.2, 0.25) is 5.91 Å². The van der Waals surface area contributed by atoms with Crippen LogP contribution in [-0.4, -0.2) is 101 Å². The van der Waals surface area contributed by atoms with Crippen LogP contribution in [0.3, 0.4) is 0 Å². The number of carbonyl (C=O) groups excluding carboxylic acids is 2. The summed E-state index contributed by atoms with van der Waals surface area (Å²) in [6.45, 7) is 8.03. The standard InChI is InChI=1S/C38H38F2N6O4S/c1-6-32(47)45-11-12-46-30(22(45)2)19-29(42-46)36-34(33-28(40)17-25(39)18-31(33)50-14-13-49-5)37-27(10-15-51-37)35(41-36)23-8-7-9-24(16-23)38(48)44-20-26(21-44)43(3)4/h6-10,15-19,22,26H,1,11-14,20-21H2,2-5H3. The lowest BCUT2D eigenvalue weighted by atomic mass is 9.95. The maximum Gasteiger partial charge on any atom is 0.253 e. The Hall–Kier alpha value is -4.98. The third kappa shape index (κ3) is 6.30. The molecule has 0 saturated carbocycles. The lowest BCUT2D eigenvalue weighted by Crippen LogP contribution is -2.59. The van der Waals surface area contributed by atoms with Gasteiger partial charge in [-0.05, 0) is 56.7 Å².